The average Bonchev–Trinajstić information content (AvgIpc) is 3.21. The van der Waals surface area contributed by atoms with Gasteiger partial charge in [0.25, 0.3) is 0 Å². The third kappa shape index (κ3) is 3.01. The van der Waals surface area contributed by atoms with E-state index >= 15 is 0 Å². The van der Waals surface area contributed by atoms with Gasteiger partial charge in [-0.2, -0.15) is 0 Å². The summed E-state index contributed by atoms with van der Waals surface area (Å²) in [5, 5.41) is 10.2. The number of carboxylic acid groups (broad SMARTS) is 1. The highest BCUT2D eigenvalue weighted by atomic mass is 16.8. The fourth-order valence-corrected chi connectivity index (χ4v) is 10.0. The van der Waals surface area contributed by atoms with Crippen molar-refractivity contribution in [3.05, 3.63) is 0 Å². The Hall–Kier alpha value is -1.67. The molecule has 0 aromatic rings. The van der Waals surface area contributed by atoms with E-state index in [1.54, 1.807) is 0 Å². The fourth-order valence-electron chi connectivity index (χ4n) is 10.0. The van der Waals surface area contributed by atoms with Crippen LogP contribution in [0.2, 0.25) is 0 Å². The fraction of sp³-hybridized carbons (Fsp3) is 0.889. The number of aliphatic carboxylic acids is 1. The summed E-state index contributed by atoms with van der Waals surface area (Å²) in [7, 11) is 0. The van der Waals surface area contributed by atoms with Gasteiger partial charge in [-0.1, -0.05) is 20.3 Å². The zero-order valence-corrected chi connectivity index (χ0v) is 21.2. The Morgan fingerprint density at radius 2 is 1.80 bits per heavy atom. The van der Waals surface area contributed by atoms with E-state index in [4.69, 9.17) is 18.9 Å². The number of ether oxygens (including phenoxy) is 4. The highest BCUT2D eigenvalue weighted by molar-refractivity contribution is 5.75. The number of carbonyl (C=O) groups is 3. The summed E-state index contributed by atoms with van der Waals surface area (Å²) >= 11 is 0. The summed E-state index contributed by atoms with van der Waals surface area (Å²) in [5.41, 5.74) is -1.88. The molecule has 8 nitrogen and oxygen atoms in total. The van der Waals surface area contributed by atoms with Crippen LogP contribution in [0.4, 0.5) is 0 Å². The van der Waals surface area contributed by atoms with Crippen LogP contribution in [0, 0.1) is 39.9 Å². The minimum absolute atomic E-state index is 0.0302. The molecule has 0 radical (unpaired) electrons. The van der Waals surface area contributed by atoms with Crippen molar-refractivity contribution >= 4 is 17.9 Å². The highest BCUT2D eigenvalue weighted by Crippen LogP contribution is 2.71. The molecule has 1 N–H and O–H groups in total. The average molecular weight is 491 g/mol. The van der Waals surface area contributed by atoms with Gasteiger partial charge in [-0.3, -0.25) is 14.4 Å². The third-order valence-electron chi connectivity index (χ3n) is 11.5. The van der Waals surface area contributed by atoms with Crippen LogP contribution in [0.1, 0.15) is 85.5 Å². The van der Waals surface area contributed by atoms with E-state index < -0.39 is 41.6 Å². The molecule has 3 saturated heterocycles. The largest absolute Gasteiger partial charge is 0.481 e. The van der Waals surface area contributed by atoms with Crippen molar-refractivity contribution in [2.45, 2.75) is 110 Å². The van der Waals surface area contributed by atoms with E-state index in [9.17, 15) is 19.5 Å². The molecule has 11 unspecified atom stereocenters. The Kier molecular flexibility index (Phi) is 5.04. The van der Waals surface area contributed by atoms with E-state index in [0.717, 1.165) is 44.9 Å². The topological polar surface area (TPSA) is 108 Å². The van der Waals surface area contributed by atoms with Gasteiger partial charge in [-0.25, -0.2) is 0 Å². The molecule has 3 aliphatic heterocycles. The van der Waals surface area contributed by atoms with Crippen molar-refractivity contribution in [3.8, 4) is 0 Å². The summed E-state index contributed by atoms with van der Waals surface area (Å²) in [6.45, 7) is 8.08. The minimum atomic E-state index is -1.08. The SMILES string of the molecule is CC(=O)OC1CC2C(CCC3C2(C)CCC2C(C)(C(=O)O)CCCC23C)C2OC3OC(=O)CC13O2. The van der Waals surface area contributed by atoms with Crippen molar-refractivity contribution in [1.29, 1.82) is 0 Å². The molecule has 3 aliphatic carbocycles. The summed E-state index contributed by atoms with van der Waals surface area (Å²) in [4.78, 5) is 36.8. The molecular weight excluding hydrogens is 452 g/mol. The Bertz CT molecular complexity index is 965. The molecule has 1 spiro atoms. The summed E-state index contributed by atoms with van der Waals surface area (Å²) in [6.07, 6.45) is 5.16. The molecule has 6 fully saturated rings. The number of esters is 2. The maximum Gasteiger partial charge on any atom is 0.311 e. The number of hydrogen-bond acceptors (Lipinski definition) is 7. The van der Waals surface area contributed by atoms with E-state index in [-0.39, 0.29) is 41.0 Å². The summed E-state index contributed by atoms with van der Waals surface area (Å²) < 4.78 is 24.0. The Morgan fingerprint density at radius 1 is 1.03 bits per heavy atom. The smallest absolute Gasteiger partial charge is 0.311 e. The van der Waals surface area contributed by atoms with Crippen LogP contribution in [0.25, 0.3) is 0 Å². The monoisotopic (exact) mass is 490 g/mol. The molecule has 0 amide bonds. The van der Waals surface area contributed by atoms with Crippen LogP contribution in [0.15, 0.2) is 0 Å². The maximum atomic E-state index is 12.4. The van der Waals surface area contributed by atoms with Crippen LogP contribution in [-0.4, -0.2) is 47.3 Å². The number of carbonyl (C=O) groups excluding carboxylic acids is 2. The minimum Gasteiger partial charge on any atom is -0.481 e. The van der Waals surface area contributed by atoms with Crippen LogP contribution in [0.3, 0.4) is 0 Å². The van der Waals surface area contributed by atoms with Crippen LogP contribution < -0.4 is 0 Å². The summed E-state index contributed by atoms with van der Waals surface area (Å²) in [5.74, 6) is -0.620. The molecular formula is C27H38O8. The van der Waals surface area contributed by atoms with Crippen molar-refractivity contribution in [1.82, 2.24) is 0 Å². The summed E-state index contributed by atoms with van der Waals surface area (Å²) in [6, 6.07) is 0. The Balaban J connectivity index is 1.38. The van der Waals surface area contributed by atoms with Gasteiger partial charge < -0.3 is 24.1 Å². The zero-order chi connectivity index (χ0) is 25.0. The number of rotatable bonds is 2. The predicted octanol–water partition coefficient (Wildman–Crippen LogP) is 4.05. The van der Waals surface area contributed by atoms with Crippen molar-refractivity contribution in [2.24, 2.45) is 39.9 Å². The number of fused-ring (bicyclic) bond motifs is 7. The van der Waals surface area contributed by atoms with E-state index in [0.29, 0.717) is 12.3 Å². The Labute approximate surface area is 206 Å². The second-order valence-electron chi connectivity index (χ2n) is 13.0. The molecule has 2 bridgehead atoms. The Morgan fingerprint density at radius 3 is 2.51 bits per heavy atom. The van der Waals surface area contributed by atoms with Crippen molar-refractivity contribution in [3.63, 3.8) is 0 Å². The van der Waals surface area contributed by atoms with Crippen molar-refractivity contribution in [2.75, 3.05) is 0 Å². The van der Waals surface area contributed by atoms with Crippen LogP contribution >= 0.6 is 0 Å². The standard InChI is InChI=1S/C27H38O8/c1-14(28)32-19-12-16-15(21-34-23-27(19,35-21)13-20(29)33-23)6-7-17-24(16,2)11-8-18-25(17,3)9-5-10-26(18,4)22(30)31/h15-19,21,23H,5-13H2,1-4H3,(H,30,31). The second kappa shape index (κ2) is 7.44. The first-order chi connectivity index (χ1) is 16.4. The third-order valence-corrected chi connectivity index (χ3v) is 11.5. The molecule has 6 rings (SSSR count). The first-order valence-corrected chi connectivity index (χ1v) is 13.4. The van der Waals surface area contributed by atoms with Gasteiger partial charge in [0.05, 0.1) is 11.8 Å². The molecule has 3 heterocycles. The zero-order valence-electron chi connectivity index (χ0n) is 21.2. The van der Waals surface area contributed by atoms with E-state index in [1.165, 1.54) is 6.92 Å². The van der Waals surface area contributed by atoms with Gasteiger partial charge in [0.1, 0.15) is 6.10 Å². The van der Waals surface area contributed by atoms with Crippen LogP contribution in [-0.2, 0) is 33.3 Å². The molecule has 194 valence electrons. The predicted molar refractivity (Wildman–Crippen MR) is 122 cm³/mol. The van der Waals surface area contributed by atoms with Crippen molar-refractivity contribution < 1.29 is 38.4 Å². The van der Waals surface area contributed by atoms with Crippen LogP contribution in [0.5, 0.6) is 0 Å². The first-order valence-electron chi connectivity index (χ1n) is 13.4. The van der Waals surface area contributed by atoms with Gasteiger partial charge >= 0.3 is 17.9 Å². The lowest BCUT2D eigenvalue weighted by Gasteiger charge is -2.66. The van der Waals surface area contributed by atoms with Gasteiger partial charge in [0, 0.05) is 12.8 Å². The van der Waals surface area contributed by atoms with Gasteiger partial charge in [0.15, 0.2) is 11.9 Å². The molecule has 3 saturated carbocycles. The maximum absolute atomic E-state index is 12.4. The van der Waals surface area contributed by atoms with Gasteiger partial charge in [0.2, 0.25) is 6.29 Å². The lowest BCUT2D eigenvalue weighted by molar-refractivity contribution is -0.225. The second-order valence-corrected chi connectivity index (χ2v) is 13.0. The van der Waals surface area contributed by atoms with E-state index in [2.05, 4.69) is 13.8 Å². The molecule has 6 aliphatic rings. The van der Waals surface area contributed by atoms with Gasteiger partial charge in [-0.05, 0) is 80.5 Å². The lowest BCUT2D eigenvalue weighted by Crippen LogP contribution is -2.62. The molecule has 0 aromatic carbocycles. The van der Waals surface area contributed by atoms with Gasteiger partial charge in [-0.15, -0.1) is 0 Å². The highest BCUT2D eigenvalue weighted by Gasteiger charge is 2.71. The number of hydrogen-bond donors (Lipinski definition) is 1. The molecule has 0 aromatic heterocycles. The molecule has 11 atom stereocenters. The molecule has 35 heavy (non-hydrogen) atoms. The van der Waals surface area contributed by atoms with E-state index in [1.807, 2.05) is 6.92 Å². The first kappa shape index (κ1) is 23.7. The quantitative estimate of drug-likeness (QED) is 0.578. The normalized spacial score (nSPS) is 54.4. The molecule has 8 heteroatoms. The lowest BCUT2D eigenvalue weighted by atomic mass is 9.38. The number of carboxylic acids is 1.